The summed E-state index contributed by atoms with van der Waals surface area (Å²) >= 11 is 1.68. The summed E-state index contributed by atoms with van der Waals surface area (Å²) in [5.41, 5.74) is 1.09. The van der Waals surface area contributed by atoms with E-state index >= 15 is 0 Å². The fourth-order valence-corrected chi connectivity index (χ4v) is 6.32. The van der Waals surface area contributed by atoms with E-state index in [2.05, 4.69) is 10.8 Å². The summed E-state index contributed by atoms with van der Waals surface area (Å²) in [6.07, 6.45) is 3.91. The van der Waals surface area contributed by atoms with Crippen molar-refractivity contribution < 1.29 is 23.1 Å². The number of aromatic nitrogens is 1. The monoisotopic (exact) mass is 499 g/mol. The van der Waals surface area contributed by atoms with E-state index < -0.39 is 6.61 Å². The quantitative estimate of drug-likeness (QED) is 0.487. The molecule has 1 aliphatic heterocycles. The van der Waals surface area contributed by atoms with E-state index in [1.807, 2.05) is 23.1 Å². The second-order valence-electron chi connectivity index (χ2n) is 9.01. The second-order valence-corrected chi connectivity index (χ2v) is 10.1. The van der Waals surface area contributed by atoms with Crippen LogP contribution >= 0.6 is 11.3 Å². The zero-order chi connectivity index (χ0) is 24.4. The fourth-order valence-electron chi connectivity index (χ4n) is 5.15. The van der Waals surface area contributed by atoms with Crippen molar-refractivity contribution in [1.29, 1.82) is 0 Å². The van der Waals surface area contributed by atoms with Crippen molar-refractivity contribution >= 4 is 33.4 Å². The average molecular weight is 500 g/mol. The lowest BCUT2D eigenvalue weighted by Gasteiger charge is -2.39. The number of amides is 2. The van der Waals surface area contributed by atoms with Gasteiger partial charge in [0.1, 0.15) is 5.75 Å². The third-order valence-electron chi connectivity index (χ3n) is 6.92. The first kappa shape index (κ1) is 23.7. The smallest absolute Gasteiger partial charge is 0.387 e. The highest BCUT2D eigenvalue weighted by atomic mass is 32.1. The number of benzene rings is 2. The van der Waals surface area contributed by atoms with Gasteiger partial charge >= 0.3 is 6.61 Å². The standard InChI is InChI=1S/C26H27F2N3O3S/c27-26(28)34-21-11-5-3-9-19(21)25(33)31-15-13-30(14-16-31)24(32)18-8-2-1-7-17(18)23-29-20-10-4-6-12-22(20)35-23/h3-6,9-12,17-18,26H,1-2,7-8,13-16H2/t17-,18-/m0/s1. The molecule has 9 heteroatoms. The van der Waals surface area contributed by atoms with Crippen LogP contribution in [0.4, 0.5) is 8.78 Å². The van der Waals surface area contributed by atoms with Gasteiger partial charge in [0.15, 0.2) is 0 Å². The lowest BCUT2D eigenvalue weighted by atomic mass is 9.78. The molecule has 0 bridgehead atoms. The number of fused-ring (bicyclic) bond motifs is 1. The molecule has 1 saturated carbocycles. The predicted octanol–water partition coefficient (Wildman–Crippen LogP) is 5.16. The molecular weight excluding hydrogens is 472 g/mol. The van der Waals surface area contributed by atoms with E-state index in [-0.39, 0.29) is 35.0 Å². The zero-order valence-corrected chi connectivity index (χ0v) is 20.1. The number of halogens is 2. The Balaban J connectivity index is 1.26. The maximum absolute atomic E-state index is 13.6. The van der Waals surface area contributed by atoms with Crippen LogP contribution < -0.4 is 4.74 Å². The number of hydrogen-bond acceptors (Lipinski definition) is 5. The number of thiazole rings is 1. The van der Waals surface area contributed by atoms with Gasteiger partial charge in [-0.25, -0.2) is 4.98 Å². The Morgan fingerprint density at radius 2 is 1.63 bits per heavy atom. The number of piperazine rings is 1. The molecule has 2 amide bonds. The van der Waals surface area contributed by atoms with Crippen molar-refractivity contribution in [1.82, 2.24) is 14.8 Å². The minimum absolute atomic E-state index is 0.105. The molecule has 35 heavy (non-hydrogen) atoms. The Morgan fingerprint density at radius 1 is 0.943 bits per heavy atom. The van der Waals surface area contributed by atoms with Crippen LogP contribution in [-0.2, 0) is 4.79 Å². The van der Waals surface area contributed by atoms with Crippen LogP contribution in [-0.4, -0.2) is 59.4 Å². The summed E-state index contributed by atoms with van der Waals surface area (Å²) < 4.78 is 31.1. The lowest BCUT2D eigenvalue weighted by molar-refractivity contribution is -0.138. The molecule has 0 N–H and O–H groups in total. The zero-order valence-electron chi connectivity index (χ0n) is 19.2. The van der Waals surface area contributed by atoms with Gasteiger partial charge in [-0.05, 0) is 37.1 Å². The van der Waals surface area contributed by atoms with Crippen LogP contribution in [0.25, 0.3) is 10.2 Å². The van der Waals surface area contributed by atoms with Gasteiger partial charge in [-0.1, -0.05) is 37.1 Å². The van der Waals surface area contributed by atoms with Crippen LogP contribution in [0.15, 0.2) is 48.5 Å². The number of nitrogens with zero attached hydrogens (tertiary/aromatic N) is 3. The van der Waals surface area contributed by atoms with Crippen LogP contribution in [0.5, 0.6) is 5.75 Å². The molecule has 2 atom stereocenters. The fraction of sp³-hybridized carbons (Fsp3) is 0.423. The highest BCUT2D eigenvalue weighted by Crippen LogP contribution is 2.41. The minimum atomic E-state index is -3.00. The van der Waals surface area contributed by atoms with Crippen LogP contribution in [0.2, 0.25) is 0 Å². The van der Waals surface area contributed by atoms with Crippen molar-refractivity contribution in [2.24, 2.45) is 5.92 Å². The number of ether oxygens (including phenoxy) is 1. The molecule has 0 radical (unpaired) electrons. The Labute approximate surface area is 206 Å². The SMILES string of the molecule is O=C(c1ccccc1OC(F)F)N1CCN(C(=O)[C@H]2CCCC[C@@H]2c2nc3ccccc3s2)CC1. The molecule has 0 spiro atoms. The molecule has 2 fully saturated rings. The van der Waals surface area contributed by atoms with Gasteiger partial charge in [0, 0.05) is 38.0 Å². The van der Waals surface area contributed by atoms with E-state index in [9.17, 15) is 18.4 Å². The minimum Gasteiger partial charge on any atom is -0.434 e. The Kier molecular flexibility index (Phi) is 6.95. The van der Waals surface area contributed by atoms with Gasteiger partial charge in [0.05, 0.1) is 20.8 Å². The van der Waals surface area contributed by atoms with Crippen LogP contribution in [0.1, 0.15) is 47.0 Å². The van der Waals surface area contributed by atoms with Gasteiger partial charge < -0.3 is 14.5 Å². The maximum Gasteiger partial charge on any atom is 0.387 e. The van der Waals surface area contributed by atoms with Crippen LogP contribution in [0.3, 0.4) is 0 Å². The molecule has 3 aromatic rings. The number of carbonyl (C=O) groups is 2. The normalized spacial score (nSPS) is 20.9. The highest BCUT2D eigenvalue weighted by Gasteiger charge is 2.37. The van der Waals surface area contributed by atoms with E-state index in [1.165, 1.54) is 12.1 Å². The van der Waals surface area contributed by atoms with Crippen molar-refractivity contribution in [2.75, 3.05) is 26.2 Å². The molecule has 1 aromatic heterocycles. The van der Waals surface area contributed by atoms with Crippen molar-refractivity contribution in [3.63, 3.8) is 0 Å². The molecule has 5 rings (SSSR count). The topological polar surface area (TPSA) is 62.7 Å². The van der Waals surface area contributed by atoms with Gasteiger partial charge in [-0.3, -0.25) is 9.59 Å². The molecular formula is C26H27F2N3O3S. The maximum atomic E-state index is 13.6. The summed E-state index contributed by atoms with van der Waals surface area (Å²) in [4.78, 5) is 34.9. The van der Waals surface area contributed by atoms with Crippen molar-refractivity contribution in [3.8, 4) is 5.75 Å². The van der Waals surface area contributed by atoms with Crippen molar-refractivity contribution in [2.45, 2.75) is 38.2 Å². The largest absolute Gasteiger partial charge is 0.434 e. The Bertz CT molecular complexity index is 1180. The molecule has 184 valence electrons. The Morgan fingerprint density at radius 3 is 2.40 bits per heavy atom. The number of rotatable bonds is 5. The third kappa shape index (κ3) is 5.00. The van der Waals surface area contributed by atoms with E-state index in [1.54, 1.807) is 28.4 Å². The Hall–Kier alpha value is -3.07. The molecule has 2 aromatic carbocycles. The molecule has 1 aliphatic carbocycles. The molecule has 0 unspecified atom stereocenters. The first-order valence-corrected chi connectivity index (χ1v) is 12.8. The lowest BCUT2D eigenvalue weighted by Crippen LogP contribution is -2.52. The van der Waals surface area contributed by atoms with Crippen LogP contribution in [0, 0.1) is 5.92 Å². The average Bonchev–Trinajstić information content (AvgIpc) is 3.32. The number of para-hydroxylation sites is 2. The summed E-state index contributed by atoms with van der Waals surface area (Å²) in [6, 6.07) is 14.1. The van der Waals surface area contributed by atoms with Crippen molar-refractivity contribution in [3.05, 3.63) is 59.1 Å². The number of alkyl halides is 2. The third-order valence-corrected chi connectivity index (χ3v) is 8.09. The summed E-state index contributed by atoms with van der Waals surface area (Å²) in [5, 5.41) is 1.04. The van der Waals surface area contributed by atoms with E-state index in [0.717, 1.165) is 40.9 Å². The second kappa shape index (κ2) is 10.3. The first-order chi connectivity index (χ1) is 17.0. The van der Waals surface area contributed by atoms with E-state index in [0.29, 0.717) is 26.2 Å². The molecule has 2 aliphatic rings. The number of hydrogen-bond donors (Lipinski definition) is 0. The molecule has 6 nitrogen and oxygen atoms in total. The summed E-state index contributed by atoms with van der Waals surface area (Å²) in [5.74, 6) is -0.355. The van der Waals surface area contributed by atoms with Gasteiger partial charge in [0.25, 0.3) is 5.91 Å². The summed E-state index contributed by atoms with van der Waals surface area (Å²) in [6.45, 7) is -1.45. The van der Waals surface area contributed by atoms with Gasteiger partial charge in [-0.15, -0.1) is 11.3 Å². The molecule has 1 saturated heterocycles. The van der Waals surface area contributed by atoms with Gasteiger partial charge in [0.2, 0.25) is 5.91 Å². The molecule has 2 heterocycles. The van der Waals surface area contributed by atoms with Gasteiger partial charge in [-0.2, -0.15) is 8.78 Å². The van der Waals surface area contributed by atoms with E-state index in [4.69, 9.17) is 4.98 Å². The first-order valence-electron chi connectivity index (χ1n) is 12.0. The summed E-state index contributed by atoms with van der Waals surface area (Å²) in [7, 11) is 0. The number of carbonyl (C=O) groups excluding carboxylic acids is 2. The highest BCUT2D eigenvalue weighted by molar-refractivity contribution is 7.18. The predicted molar refractivity (Wildman–Crippen MR) is 130 cm³/mol.